The van der Waals surface area contributed by atoms with Gasteiger partial charge in [0.2, 0.25) is 0 Å². The predicted octanol–water partition coefficient (Wildman–Crippen LogP) is 14.8. The maximum absolute atomic E-state index is 8.40. The molecular formula is C55H40N4O. The van der Waals surface area contributed by atoms with E-state index in [1.165, 1.54) is 43.7 Å². The highest BCUT2D eigenvalue weighted by molar-refractivity contribution is 6.21. The number of fused-ring (bicyclic) bond motifs is 7. The molecule has 0 saturated heterocycles. The Morgan fingerprint density at radius 1 is 0.517 bits per heavy atom. The highest BCUT2D eigenvalue weighted by Gasteiger charge is 2.26. The quantitative estimate of drug-likeness (QED) is 0.171. The fourth-order valence-electron chi connectivity index (χ4n) is 8.38. The Kier molecular flexibility index (Phi) is 9.32. The van der Waals surface area contributed by atoms with Crippen LogP contribution >= 0.6 is 0 Å². The van der Waals surface area contributed by atoms with E-state index >= 15 is 0 Å². The zero-order valence-corrected chi connectivity index (χ0v) is 33.1. The minimum atomic E-state index is 0.461. The van der Waals surface area contributed by atoms with Crippen molar-refractivity contribution in [2.45, 2.75) is 0 Å². The lowest BCUT2D eigenvalue weighted by Crippen LogP contribution is -2.15. The molecule has 1 aliphatic rings. The highest BCUT2D eigenvalue weighted by atomic mass is 16.5. The second kappa shape index (κ2) is 15.4. The molecule has 1 aromatic heterocycles. The monoisotopic (exact) mass is 772 g/mol. The number of hydrogen-bond acceptors (Lipinski definition) is 4. The summed E-state index contributed by atoms with van der Waals surface area (Å²) in [6.45, 7) is 3.57. The molecule has 0 fully saturated rings. The van der Waals surface area contributed by atoms with Gasteiger partial charge in [-0.1, -0.05) is 152 Å². The van der Waals surface area contributed by atoms with E-state index in [1.807, 2.05) is 84.9 Å². The van der Waals surface area contributed by atoms with Crippen LogP contribution < -0.4 is 9.64 Å². The lowest BCUT2D eigenvalue weighted by Gasteiger charge is -2.33. The van der Waals surface area contributed by atoms with E-state index in [4.69, 9.17) is 10.1 Å². The van der Waals surface area contributed by atoms with E-state index in [9.17, 15) is 0 Å². The molecule has 10 aromatic rings. The normalized spacial score (nSPS) is 11.7. The zero-order chi connectivity index (χ0) is 40.6. The summed E-state index contributed by atoms with van der Waals surface area (Å²) >= 11 is 0. The Morgan fingerprint density at radius 2 is 1.15 bits per heavy atom. The summed E-state index contributed by atoms with van der Waals surface area (Å²) in [6, 6.07) is 71.0. The fraction of sp³-hybridized carbons (Fsp3) is 0.0182. The molecule has 5 heteroatoms. The summed E-state index contributed by atoms with van der Waals surface area (Å²) in [4.78, 5) is 6.27. The van der Waals surface area contributed by atoms with Gasteiger partial charge in [-0.15, -0.1) is 0 Å². The highest BCUT2D eigenvalue weighted by Crippen LogP contribution is 2.51. The van der Waals surface area contributed by atoms with Crippen molar-refractivity contribution in [3.8, 4) is 33.8 Å². The minimum absolute atomic E-state index is 0.461. The lowest BCUT2D eigenvalue weighted by atomic mass is 9.98. The van der Waals surface area contributed by atoms with Crippen LogP contribution in [0.5, 0.6) is 11.5 Å². The van der Waals surface area contributed by atoms with Gasteiger partial charge < -0.3 is 14.2 Å². The topological polar surface area (TPSA) is 53.6 Å². The van der Waals surface area contributed by atoms with Crippen LogP contribution in [0.3, 0.4) is 0 Å². The van der Waals surface area contributed by atoms with Crippen LogP contribution in [0.4, 0.5) is 22.7 Å². The van der Waals surface area contributed by atoms with Crippen molar-refractivity contribution in [1.29, 1.82) is 5.41 Å². The summed E-state index contributed by atoms with van der Waals surface area (Å²) in [7, 11) is 2.16. The molecule has 286 valence electrons. The second-order valence-electron chi connectivity index (χ2n) is 14.9. The fourth-order valence-corrected chi connectivity index (χ4v) is 8.38. The Labute approximate surface area is 349 Å². The van der Waals surface area contributed by atoms with Gasteiger partial charge in [-0.3, -0.25) is 10.4 Å². The first kappa shape index (κ1) is 36.3. The first-order chi connectivity index (χ1) is 29.6. The number of aliphatic imine (C=N–C) groups is 1. The van der Waals surface area contributed by atoms with Gasteiger partial charge in [-0.2, -0.15) is 0 Å². The van der Waals surface area contributed by atoms with Crippen molar-refractivity contribution in [3.05, 3.63) is 217 Å². The molecular weight excluding hydrogens is 733 g/mol. The van der Waals surface area contributed by atoms with Crippen LogP contribution in [0.25, 0.3) is 54.8 Å². The average Bonchev–Trinajstić information content (AvgIpc) is 3.61. The standard InChI is InChI=1S/C35H24N2O.C20H16N2/c1-36-31-20-16-23-9-5-6-12-27(23)35(31)28-18-15-24(21-32(28)36)25-17-19-30-34(22-25)38-33-14-8-7-13-29(33)37(30)26-10-3-2-4-11-26;1-22-19-10-6-5-9-18(19)20(21)17-13-11-16(12-14-17)15-7-3-2-4-8-15/h2-22H,1H3;2-14,21H,1H2. The maximum atomic E-state index is 8.40. The van der Waals surface area contributed by atoms with Gasteiger partial charge in [0.15, 0.2) is 11.5 Å². The van der Waals surface area contributed by atoms with Crippen molar-refractivity contribution < 1.29 is 4.74 Å². The molecule has 2 heterocycles. The van der Waals surface area contributed by atoms with Gasteiger partial charge in [0.1, 0.15) is 0 Å². The van der Waals surface area contributed by atoms with Gasteiger partial charge in [0.05, 0.1) is 22.8 Å². The van der Waals surface area contributed by atoms with Gasteiger partial charge in [0.25, 0.3) is 0 Å². The number of ether oxygens (including phenoxy) is 1. The first-order valence-corrected chi connectivity index (χ1v) is 20.0. The number of aromatic nitrogens is 1. The van der Waals surface area contributed by atoms with Crippen LogP contribution in [-0.2, 0) is 7.05 Å². The van der Waals surface area contributed by atoms with Crippen molar-refractivity contribution in [2.24, 2.45) is 12.0 Å². The minimum Gasteiger partial charge on any atom is -0.453 e. The van der Waals surface area contributed by atoms with Gasteiger partial charge >= 0.3 is 0 Å². The van der Waals surface area contributed by atoms with Crippen LogP contribution in [0, 0.1) is 5.41 Å². The molecule has 0 radical (unpaired) electrons. The molecule has 0 bridgehead atoms. The largest absolute Gasteiger partial charge is 0.453 e. The predicted molar refractivity (Wildman–Crippen MR) is 252 cm³/mol. The summed E-state index contributed by atoms with van der Waals surface area (Å²) < 4.78 is 8.76. The molecule has 1 N–H and O–H groups in total. The third kappa shape index (κ3) is 6.48. The molecule has 0 unspecified atom stereocenters. The summed E-state index contributed by atoms with van der Waals surface area (Å²) in [5, 5.41) is 13.6. The summed E-state index contributed by atoms with van der Waals surface area (Å²) in [5.74, 6) is 1.71. The molecule has 1 aliphatic heterocycles. The number of rotatable bonds is 6. The van der Waals surface area contributed by atoms with Crippen molar-refractivity contribution in [2.75, 3.05) is 4.90 Å². The van der Waals surface area contributed by atoms with Crippen LogP contribution in [0.1, 0.15) is 11.1 Å². The molecule has 5 nitrogen and oxygen atoms in total. The Bertz CT molecular complexity index is 3220. The van der Waals surface area contributed by atoms with Crippen molar-refractivity contribution in [3.63, 3.8) is 0 Å². The molecule has 11 rings (SSSR count). The number of nitrogens with one attached hydrogen (secondary N) is 1. The summed E-state index contributed by atoms with van der Waals surface area (Å²) in [5.41, 5.74) is 13.2. The number of aryl methyl sites for hydroxylation is 1. The van der Waals surface area contributed by atoms with Crippen LogP contribution in [-0.4, -0.2) is 17.0 Å². The van der Waals surface area contributed by atoms with E-state index in [1.54, 1.807) is 0 Å². The third-order valence-corrected chi connectivity index (χ3v) is 11.4. The zero-order valence-electron chi connectivity index (χ0n) is 33.1. The number of para-hydroxylation sites is 4. The molecule has 0 amide bonds. The smallest absolute Gasteiger partial charge is 0.152 e. The van der Waals surface area contributed by atoms with Crippen LogP contribution in [0.2, 0.25) is 0 Å². The number of nitrogens with zero attached hydrogens (tertiary/aromatic N) is 3. The molecule has 0 spiro atoms. The number of benzene rings is 9. The Morgan fingerprint density at radius 3 is 1.97 bits per heavy atom. The van der Waals surface area contributed by atoms with E-state index in [0.717, 1.165) is 56.5 Å². The van der Waals surface area contributed by atoms with Gasteiger partial charge in [-0.25, -0.2) is 0 Å². The molecule has 9 aromatic carbocycles. The summed E-state index contributed by atoms with van der Waals surface area (Å²) in [6.07, 6.45) is 0. The van der Waals surface area contributed by atoms with Crippen LogP contribution in [0.15, 0.2) is 211 Å². The van der Waals surface area contributed by atoms with Gasteiger partial charge in [0, 0.05) is 45.7 Å². The lowest BCUT2D eigenvalue weighted by molar-refractivity contribution is 0.477. The third-order valence-electron chi connectivity index (χ3n) is 11.4. The number of hydrogen-bond donors (Lipinski definition) is 1. The molecule has 60 heavy (non-hydrogen) atoms. The van der Waals surface area contributed by atoms with Crippen molar-refractivity contribution >= 4 is 67.8 Å². The SMILES string of the molecule is C=Nc1ccccc1C(=N)c1ccc(-c2ccccc2)cc1.Cn1c2cc(-c3ccc4c(c3)Oc3ccccc3N4c3ccccc3)ccc2c2c3ccccc3ccc21. The van der Waals surface area contributed by atoms with Gasteiger partial charge in [-0.05, 0) is 94.3 Å². The average molecular weight is 773 g/mol. The Balaban J connectivity index is 0.000000168. The van der Waals surface area contributed by atoms with Crippen molar-refractivity contribution in [1.82, 2.24) is 4.57 Å². The molecule has 0 aliphatic carbocycles. The van der Waals surface area contributed by atoms with E-state index < -0.39 is 0 Å². The first-order valence-electron chi connectivity index (χ1n) is 20.0. The van der Waals surface area contributed by atoms with E-state index in [0.29, 0.717) is 5.71 Å². The van der Waals surface area contributed by atoms with E-state index in [-0.39, 0.29) is 0 Å². The molecule has 0 saturated carbocycles. The van der Waals surface area contributed by atoms with E-state index in [2.05, 4.69) is 150 Å². The maximum Gasteiger partial charge on any atom is 0.152 e. The second-order valence-corrected chi connectivity index (χ2v) is 14.9. The Hall–Kier alpha value is -8.02. The number of anilines is 3. The molecule has 0 atom stereocenters.